The zero-order valence-electron chi connectivity index (χ0n) is 15.5. The molecule has 2 aliphatic rings. The number of hydrogen-bond donors (Lipinski definition) is 3. The number of nitrogens with one attached hydrogen (secondary N) is 2. The molecule has 1 aromatic carbocycles. The highest BCUT2D eigenvalue weighted by atomic mass is 32.2. The third-order valence-electron chi connectivity index (χ3n) is 5.02. The smallest absolute Gasteiger partial charge is 0.325 e. The van der Waals surface area contributed by atoms with E-state index < -0.39 is 11.4 Å². The molecule has 9 heteroatoms. The molecule has 8 nitrogen and oxygen atoms in total. The second-order valence-electron chi connectivity index (χ2n) is 7.08. The molecule has 1 saturated carbocycles. The van der Waals surface area contributed by atoms with Gasteiger partial charge in [-0.25, -0.2) is 4.79 Å². The zero-order chi connectivity index (χ0) is 20.1. The lowest BCUT2D eigenvalue weighted by Gasteiger charge is -2.20. The molecule has 150 valence electrons. The first-order chi connectivity index (χ1) is 13.4. The SMILES string of the molecule is NC(=O)CSc1ccccc1NC(=O)CCCN1C(=O)NC2(CCCC2)C1=O. The lowest BCUT2D eigenvalue weighted by atomic mass is 9.98. The van der Waals surface area contributed by atoms with E-state index in [-0.39, 0.29) is 36.6 Å². The second-order valence-corrected chi connectivity index (χ2v) is 8.10. The van der Waals surface area contributed by atoms with E-state index in [9.17, 15) is 19.2 Å². The molecule has 4 N–H and O–H groups in total. The van der Waals surface area contributed by atoms with Crippen LogP contribution in [0.1, 0.15) is 38.5 Å². The summed E-state index contributed by atoms with van der Waals surface area (Å²) < 4.78 is 0. The van der Waals surface area contributed by atoms with E-state index in [0.717, 1.165) is 17.7 Å². The molecule has 28 heavy (non-hydrogen) atoms. The Bertz CT molecular complexity index is 792. The maximum absolute atomic E-state index is 12.6. The topological polar surface area (TPSA) is 122 Å². The molecule has 1 saturated heterocycles. The molecular formula is C19H24N4O4S. The van der Waals surface area contributed by atoms with Crippen molar-refractivity contribution in [1.29, 1.82) is 0 Å². The fraction of sp³-hybridized carbons (Fsp3) is 0.474. The zero-order valence-corrected chi connectivity index (χ0v) is 16.3. The summed E-state index contributed by atoms with van der Waals surface area (Å²) in [5.41, 5.74) is 5.07. The molecule has 1 heterocycles. The van der Waals surface area contributed by atoms with Crippen molar-refractivity contribution in [2.75, 3.05) is 17.6 Å². The van der Waals surface area contributed by atoms with Gasteiger partial charge in [-0.3, -0.25) is 19.3 Å². The molecule has 3 rings (SSSR count). The number of carbonyl (C=O) groups is 4. The maximum Gasteiger partial charge on any atom is 0.325 e. The van der Waals surface area contributed by atoms with E-state index in [0.29, 0.717) is 24.9 Å². The monoisotopic (exact) mass is 404 g/mol. The van der Waals surface area contributed by atoms with E-state index in [1.807, 2.05) is 6.07 Å². The minimum absolute atomic E-state index is 0.126. The summed E-state index contributed by atoms with van der Waals surface area (Å²) in [7, 11) is 0. The number of rotatable bonds is 8. The number of benzene rings is 1. The van der Waals surface area contributed by atoms with Crippen molar-refractivity contribution in [1.82, 2.24) is 10.2 Å². The van der Waals surface area contributed by atoms with Crippen molar-refractivity contribution in [3.8, 4) is 0 Å². The van der Waals surface area contributed by atoms with Gasteiger partial charge in [-0.15, -0.1) is 11.8 Å². The molecule has 0 atom stereocenters. The van der Waals surface area contributed by atoms with Gasteiger partial charge in [0.25, 0.3) is 5.91 Å². The highest BCUT2D eigenvalue weighted by Gasteiger charge is 2.51. The molecule has 1 aliphatic heterocycles. The average Bonchev–Trinajstić information content (AvgIpc) is 3.21. The van der Waals surface area contributed by atoms with Gasteiger partial charge in [0.2, 0.25) is 11.8 Å². The summed E-state index contributed by atoms with van der Waals surface area (Å²) in [5, 5.41) is 5.65. The van der Waals surface area contributed by atoms with Crippen LogP contribution >= 0.6 is 11.8 Å². The molecule has 0 radical (unpaired) electrons. The third-order valence-corrected chi connectivity index (χ3v) is 6.12. The maximum atomic E-state index is 12.6. The van der Waals surface area contributed by atoms with Gasteiger partial charge in [0.1, 0.15) is 5.54 Å². The minimum Gasteiger partial charge on any atom is -0.369 e. The van der Waals surface area contributed by atoms with Gasteiger partial charge in [0, 0.05) is 17.9 Å². The standard InChI is InChI=1S/C19H24N4O4S/c20-15(24)12-28-14-7-2-1-6-13(14)21-16(25)8-5-11-23-17(26)19(22-18(23)27)9-3-4-10-19/h1-2,6-7H,3-5,8-12H2,(H2,20,24)(H,21,25)(H,22,27). The van der Waals surface area contributed by atoms with E-state index in [1.54, 1.807) is 18.2 Å². The molecule has 1 spiro atoms. The van der Waals surface area contributed by atoms with Crippen molar-refractivity contribution in [2.24, 2.45) is 5.73 Å². The molecule has 1 aliphatic carbocycles. The van der Waals surface area contributed by atoms with Crippen molar-refractivity contribution in [3.63, 3.8) is 0 Å². The molecular weight excluding hydrogens is 380 g/mol. The number of amides is 5. The van der Waals surface area contributed by atoms with Crippen molar-refractivity contribution >= 4 is 41.2 Å². The second kappa shape index (κ2) is 8.64. The van der Waals surface area contributed by atoms with Gasteiger partial charge in [0.15, 0.2) is 0 Å². The van der Waals surface area contributed by atoms with Crippen molar-refractivity contribution in [3.05, 3.63) is 24.3 Å². The molecule has 1 aromatic rings. The van der Waals surface area contributed by atoms with Gasteiger partial charge in [0.05, 0.1) is 11.4 Å². The largest absolute Gasteiger partial charge is 0.369 e. The fourth-order valence-corrected chi connectivity index (χ4v) is 4.40. The van der Waals surface area contributed by atoms with Crippen LogP contribution in [0.15, 0.2) is 29.2 Å². The quantitative estimate of drug-likeness (QED) is 0.451. The van der Waals surface area contributed by atoms with Crippen LogP contribution in [-0.4, -0.2) is 46.5 Å². The Kier molecular flexibility index (Phi) is 6.23. The Morgan fingerprint density at radius 2 is 1.93 bits per heavy atom. The van der Waals surface area contributed by atoms with Crippen LogP contribution in [0.25, 0.3) is 0 Å². The van der Waals surface area contributed by atoms with Crippen LogP contribution in [0.2, 0.25) is 0 Å². The first kappa shape index (κ1) is 20.2. The number of nitrogens with zero attached hydrogens (tertiary/aromatic N) is 1. The summed E-state index contributed by atoms with van der Waals surface area (Å²) in [6.45, 7) is 0.220. The highest BCUT2D eigenvalue weighted by molar-refractivity contribution is 8.00. The van der Waals surface area contributed by atoms with E-state index in [1.165, 1.54) is 16.7 Å². The predicted octanol–water partition coefficient (Wildman–Crippen LogP) is 1.85. The Morgan fingerprint density at radius 3 is 2.64 bits per heavy atom. The van der Waals surface area contributed by atoms with Crippen LogP contribution in [0.4, 0.5) is 10.5 Å². The van der Waals surface area contributed by atoms with Gasteiger partial charge < -0.3 is 16.4 Å². The number of urea groups is 1. The summed E-state index contributed by atoms with van der Waals surface area (Å²) in [6.07, 6.45) is 3.82. The van der Waals surface area contributed by atoms with Crippen molar-refractivity contribution in [2.45, 2.75) is 49.0 Å². The predicted molar refractivity (Wildman–Crippen MR) is 106 cm³/mol. The lowest BCUT2D eigenvalue weighted by molar-refractivity contribution is -0.131. The molecule has 5 amide bonds. The van der Waals surface area contributed by atoms with Gasteiger partial charge in [-0.05, 0) is 31.4 Å². The lowest BCUT2D eigenvalue weighted by Crippen LogP contribution is -2.44. The van der Waals surface area contributed by atoms with E-state index in [2.05, 4.69) is 10.6 Å². The number of primary amides is 1. The van der Waals surface area contributed by atoms with E-state index in [4.69, 9.17) is 5.73 Å². The Hall–Kier alpha value is -2.55. The Morgan fingerprint density at radius 1 is 1.21 bits per heavy atom. The van der Waals surface area contributed by atoms with Crippen LogP contribution in [0.5, 0.6) is 0 Å². The van der Waals surface area contributed by atoms with Gasteiger partial charge in [-0.2, -0.15) is 0 Å². The Balaban J connectivity index is 1.50. The highest BCUT2D eigenvalue weighted by Crippen LogP contribution is 2.35. The molecule has 0 unspecified atom stereocenters. The Labute approximate surface area is 167 Å². The first-order valence-electron chi connectivity index (χ1n) is 9.35. The number of para-hydroxylation sites is 1. The van der Waals surface area contributed by atoms with E-state index >= 15 is 0 Å². The van der Waals surface area contributed by atoms with Crippen molar-refractivity contribution < 1.29 is 19.2 Å². The molecule has 0 bridgehead atoms. The summed E-state index contributed by atoms with van der Waals surface area (Å²) >= 11 is 1.26. The first-order valence-corrected chi connectivity index (χ1v) is 10.3. The van der Waals surface area contributed by atoms with Crippen LogP contribution in [0.3, 0.4) is 0 Å². The molecule has 2 fully saturated rings. The minimum atomic E-state index is -0.712. The number of hydrogen-bond acceptors (Lipinski definition) is 5. The normalized spacial score (nSPS) is 17.8. The average molecular weight is 404 g/mol. The van der Waals surface area contributed by atoms with Crippen LogP contribution < -0.4 is 16.4 Å². The number of imide groups is 1. The van der Waals surface area contributed by atoms with Gasteiger partial charge in [-0.1, -0.05) is 25.0 Å². The summed E-state index contributed by atoms with van der Waals surface area (Å²) in [4.78, 5) is 49.9. The fourth-order valence-electron chi connectivity index (χ4n) is 3.65. The number of carbonyl (C=O) groups excluding carboxylic acids is 4. The third kappa shape index (κ3) is 4.46. The number of anilines is 1. The van der Waals surface area contributed by atoms with Gasteiger partial charge >= 0.3 is 6.03 Å². The van der Waals surface area contributed by atoms with Crippen LogP contribution in [-0.2, 0) is 14.4 Å². The number of thioether (sulfide) groups is 1. The number of nitrogens with two attached hydrogens (primary N) is 1. The molecule has 0 aromatic heterocycles. The summed E-state index contributed by atoms with van der Waals surface area (Å²) in [5.74, 6) is -0.682. The summed E-state index contributed by atoms with van der Waals surface area (Å²) in [6, 6.07) is 6.80. The van der Waals surface area contributed by atoms with Crippen LogP contribution in [0, 0.1) is 0 Å².